The van der Waals surface area contributed by atoms with Crippen LogP contribution in [0.5, 0.6) is 0 Å². The van der Waals surface area contributed by atoms with Crippen molar-refractivity contribution < 1.29 is 9.22 Å². The first-order valence-corrected chi connectivity index (χ1v) is 14.8. The normalized spacial score (nSPS) is 15.7. The smallest absolute Gasteiger partial charge is 0.309 e. The fourth-order valence-corrected chi connectivity index (χ4v) is 5.15. The zero-order chi connectivity index (χ0) is 18.9. The molecule has 0 aromatic rings. The van der Waals surface area contributed by atoms with E-state index in [0.717, 1.165) is 12.8 Å². The summed E-state index contributed by atoms with van der Waals surface area (Å²) in [6, 6.07) is -0.116. The average molecular weight is 360 g/mol. The van der Waals surface area contributed by atoms with Gasteiger partial charge in [-0.3, -0.25) is 4.79 Å². The predicted octanol–water partition coefficient (Wildman–Crippen LogP) is 5.64. The zero-order valence-corrected chi connectivity index (χ0v) is 19.8. The van der Waals surface area contributed by atoms with E-state index in [-0.39, 0.29) is 22.1 Å². The average Bonchev–Trinajstić information content (AvgIpc) is 2.31. The van der Waals surface area contributed by atoms with Crippen molar-refractivity contribution in [3.05, 3.63) is 0 Å². The molecule has 0 saturated heterocycles. The van der Waals surface area contributed by atoms with Gasteiger partial charge >= 0.3 is 5.97 Å². The van der Waals surface area contributed by atoms with Crippen LogP contribution >= 0.6 is 0 Å². The van der Waals surface area contributed by atoms with E-state index >= 15 is 0 Å². The summed E-state index contributed by atoms with van der Waals surface area (Å²) in [5.74, 6) is -0.00855. The van der Waals surface area contributed by atoms with E-state index in [1.807, 2.05) is 0 Å². The molecule has 5 heteroatoms. The maximum absolute atomic E-state index is 13.0. The van der Waals surface area contributed by atoms with Gasteiger partial charge in [-0.15, -0.1) is 0 Å². The lowest BCUT2D eigenvalue weighted by atomic mass is 10.2. The van der Waals surface area contributed by atoms with Gasteiger partial charge in [-0.25, -0.2) is 0 Å². The van der Waals surface area contributed by atoms with E-state index in [2.05, 4.69) is 86.3 Å². The number of hydrogen-bond donors (Lipinski definition) is 0. The van der Waals surface area contributed by atoms with Crippen molar-refractivity contribution in [2.75, 3.05) is 7.05 Å². The van der Waals surface area contributed by atoms with Crippen molar-refractivity contribution in [3.8, 4) is 0 Å². The van der Waals surface area contributed by atoms with E-state index in [9.17, 15) is 4.79 Å². The van der Waals surface area contributed by atoms with Gasteiger partial charge in [0.05, 0.1) is 0 Å². The lowest BCUT2D eigenvalue weighted by Gasteiger charge is -2.47. The second kappa shape index (κ2) is 7.40. The Morgan fingerprint density at radius 3 is 1.74 bits per heavy atom. The second-order valence-electron chi connectivity index (χ2n) is 9.91. The van der Waals surface area contributed by atoms with E-state index < -0.39 is 16.6 Å². The monoisotopic (exact) mass is 359 g/mol. The molecule has 0 saturated carbocycles. The molecule has 0 aromatic heterocycles. The van der Waals surface area contributed by atoms with Gasteiger partial charge in [0.15, 0.2) is 0 Å². The minimum absolute atomic E-state index is 0.00855. The second-order valence-corrected chi connectivity index (χ2v) is 20.0. The molecule has 0 N–H and O–H groups in total. The molecule has 0 radical (unpaired) electrons. The van der Waals surface area contributed by atoms with E-state index in [1.54, 1.807) is 0 Å². The van der Waals surface area contributed by atoms with E-state index in [1.165, 1.54) is 0 Å². The molecule has 0 spiro atoms. The van der Waals surface area contributed by atoms with Crippen LogP contribution in [0.2, 0.25) is 36.3 Å². The van der Waals surface area contributed by atoms with Crippen molar-refractivity contribution in [2.24, 2.45) is 0 Å². The van der Waals surface area contributed by atoms with Gasteiger partial charge in [0.1, 0.15) is 14.3 Å². The van der Waals surface area contributed by atoms with Crippen LogP contribution in [0.15, 0.2) is 0 Å². The fraction of sp³-hybridized carbons (Fsp3) is 0.944. The van der Waals surface area contributed by atoms with E-state index in [4.69, 9.17) is 4.43 Å². The summed E-state index contributed by atoms with van der Waals surface area (Å²) in [6.07, 6.45) is 1.87. The molecule has 0 heterocycles. The van der Waals surface area contributed by atoms with Crippen molar-refractivity contribution >= 4 is 22.5 Å². The number of likely N-dealkylation sites (N-methyl/N-ethyl adjacent to an activating group) is 1. The van der Waals surface area contributed by atoms with Crippen LogP contribution in [0, 0.1) is 0 Å². The van der Waals surface area contributed by atoms with Crippen LogP contribution in [0.3, 0.4) is 0 Å². The highest BCUT2D eigenvalue weighted by Gasteiger charge is 2.46. The molecule has 23 heavy (non-hydrogen) atoms. The zero-order valence-electron chi connectivity index (χ0n) is 17.8. The number of carbonyl (C=O) groups is 1. The van der Waals surface area contributed by atoms with Crippen molar-refractivity contribution in [1.82, 2.24) is 4.57 Å². The Hall–Kier alpha value is -0.136. The molecule has 0 fully saturated rings. The number of nitrogens with zero attached hydrogens (tertiary/aromatic N) is 1. The summed E-state index contributed by atoms with van der Waals surface area (Å²) in [5.41, 5.74) is 0. The highest BCUT2D eigenvalue weighted by molar-refractivity contribution is 6.78. The molecule has 0 bridgehead atoms. The number of carbonyl (C=O) groups excluding carboxylic acids is 1. The SMILES string of the molecule is CCCC(C(=O)O[Si](C)(C)C(C)(C)C)N(C)[Si](C)(C)C(C)(C)C. The Labute approximate surface area is 147 Å². The third-order valence-corrected chi connectivity index (χ3v) is 16.3. The summed E-state index contributed by atoms with van der Waals surface area (Å²) in [5, 5.41) is 0.264. The van der Waals surface area contributed by atoms with Gasteiger partial charge in [-0.05, 0) is 36.6 Å². The van der Waals surface area contributed by atoms with Crippen molar-refractivity contribution in [3.63, 3.8) is 0 Å². The largest absolute Gasteiger partial charge is 0.518 e. The minimum Gasteiger partial charge on any atom is -0.518 e. The topological polar surface area (TPSA) is 29.5 Å². The molecular formula is C18H41NO2Si2. The maximum atomic E-state index is 13.0. The predicted molar refractivity (Wildman–Crippen MR) is 107 cm³/mol. The van der Waals surface area contributed by atoms with Crippen LogP contribution in [-0.2, 0) is 9.22 Å². The summed E-state index contributed by atoms with van der Waals surface area (Å²) in [6.45, 7) is 24.6. The Morgan fingerprint density at radius 2 is 1.43 bits per heavy atom. The first-order valence-electron chi connectivity index (χ1n) is 8.95. The highest BCUT2D eigenvalue weighted by atomic mass is 28.4. The van der Waals surface area contributed by atoms with Gasteiger partial charge in [0, 0.05) is 0 Å². The first kappa shape index (κ1) is 22.9. The van der Waals surface area contributed by atoms with Crippen LogP contribution in [0.25, 0.3) is 0 Å². The summed E-state index contributed by atoms with van der Waals surface area (Å²) >= 11 is 0. The third kappa shape index (κ3) is 5.43. The highest BCUT2D eigenvalue weighted by Crippen LogP contribution is 2.40. The standard InChI is InChI=1S/C18H41NO2Si2/c1-13-14-15(19(8)22(9,10)17(2,3)4)16(20)21-23(11,12)18(5,6)7/h15H,13-14H2,1-12H3. The molecule has 0 aliphatic heterocycles. The Morgan fingerprint density at radius 1 is 1.00 bits per heavy atom. The molecule has 3 nitrogen and oxygen atoms in total. The molecular weight excluding hydrogens is 318 g/mol. The Balaban J connectivity index is 5.46. The molecule has 138 valence electrons. The maximum Gasteiger partial charge on any atom is 0.309 e. The molecule has 1 atom stereocenters. The van der Waals surface area contributed by atoms with Crippen LogP contribution in [0.1, 0.15) is 61.3 Å². The van der Waals surface area contributed by atoms with Crippen molar-refractivity contribution in [2.45, 2.75) is 104 Å². The lowest BCUT2D eigenvalue weighted by molar-refractivity contribution is -0.140. The summed E-state index contributed by atoms with van der Waals surface area (Å²) < 4.78 is 8.49. The van der Waals surface area contributed by atoms with Gasteiger partial charge in [-0.1, -0.05) is 68.0 Å². The molecule has 0 rings (SSSR count). The minimum atomic E-state index is -2.07. The molecule has 0 aliphatic carbocycles. The molecule has 0 aromatic carbocycles. The van der Waals surface area contributed by atoms with Crippen LogP contribution < -0.4 is 0 Å². The Kier molecular flexibility index (Phi) is 7.36. The van der Waals surface area contributed by atoms with Gasteiger partial charge in [-0.2, -0.15) is 0 Å². The quantitative estimate of drug-likeness (QED) is 0.575. The first-order chi connectivity index (χ1) is 9.99. The molecule has 0 amide bonds. The van der Waals surface area contributed by atoms with Gasteiger partial charge in [0.2, 0.25) is 0 Å². The lowest BCUT2D eigenvalue weighted by Crippen LogP contribution is -2.60. The number of hydrogen-bond acceptors (Lipinski definition) is 3. The summed E-state index contributed by atoms with van der Waals surface area (Å²) in [4.78, 5) is 13.0. The molecule has 0 aliphatic rings. The molecule has 1 unspecified atom stereocenters. The van der Waals surface area contributed by atoms with Crippen molar-refractivity contribution in [1.29, 1.82) is 0 Å². The van der Waals surface area contributed by atoms with Crippen LogP contribution in [-0.4, -0.2) is 40.2 Å². The third-order valence-electron chi connectivity index (χ3n) is 6.18. The fourth-order valence-electron chi connectivity index (χ4n) is 2.13. The van der Waals surface area contributed by atoms with Gasteiger partial charge in [0.25, 0.3) is 8.32 Å². The number of rotatable bonds is 6. The van der Waals surface area contributed by atoms with Crippen LogP contribution in [0.4, 0.5) is 0 Å². The van der Waals surface area contributed by atoms with E-state index in [0.29, 0.717) is 0 Å². The Bertz CT molecular complexity index is 406. The van der Waals surface area contributed by atoms with Gasteiger partial charge < -0.3 is 8.99 Å². The summed E-state index contributed by atoms with van der Waals surface area (Å²) in [7, 11) is -1.69.